The average molecular weight is 511 g/mol. The number of carbonyl (C=O) groups excluding carboxylic acids is 3. The molecule has 0 unspecified atom stereocenters. The molecule has 4 aromatic carbocycles. The SMILES string of the molecule is Cc1ccc(C(=O)N/N=C(\C(=O)N(NC(=O)c2ccc(Cl)cc2)c2ccccc2)c2ccccc2)cc1. The highest BCUT2D eigenvalue weighted by Gasteiger charge is 2.26. The number of anilines is 1. The van der Waals surface area contributed by atoms with Gasteiger partial charge in [0.25, 0.3) is 17.7 Å². The van der Waals surface area contributed by atoms with E-state index in [-0.39, 0.29) is 5.71 Å². The number of hydrogen-bond donors (Lipinski definition) is 2. The Labute approximate surface area is 219 Å². The van der Waals surface area contributed by atoms with Crippen molar-refractivity contribution in [3.63, 3.8) is 0 Å². The van der Waals surface area contributed by atoms with Crippen LogP contribution in [0, 0.1) is 6.92 Å². The minimum Gasteiger partial charge on any atom is -0.267 e. The highest BCUT2D eigenvalue weighted by atomic mass is 35.5. The van der Waals surface area contributed by atoms with E-state index in [0.717, 1.165) is 10.6 Å². The Balaban J connectivity index is 1.69. The second-order valence-corrected chi connectivity index (χ2v) is 8.49. The van der Waals surface area contributed by atoms with Gasteiger partial charge in [-0.15, -0.1) is 0 Å². The van der Waals surface area contributed by atoms with Crippen molar-refractivity contribution in [2.24, 2.45) is 5.10 Å². The van der Waals surface area contributed by atoms with Crippen LogP contribution >= 0.6 is 11.6 Å². The van der Waals surface area contributed by atoms with Crippen LogP contribution in [0.5, 0.6) is 0 Å². The van der Waals surface area contributed by atoms with Crippen LogP contribution in [-0.4, -0.2) is 23.4 Å². The second kappa shape index (κ2) is 11.8. The molecule has 184 valence electrons. The normalized spacial score (nSPS) is 10.9. The Kier molecular flexibility index (Phi) is 8.08. The molecule has 0 aliphatic carbocycles. The van der Waals surface area contributed by atoms with Crippen molar-refractivity contribution in [3.8, 4) is 0 Å². The van der Waals surface area contributed by atoms with E-state index < -0.39 is 17.7 Å². The lowest BCUT2D eigenvalue weighted by molar-refractivity contribution is -0.113. The summed E-state index contributed by atoms with van der Waals surface area (Å²) in [4.78, 5) is 39.6. The molecule has 3 amide bonds. The van der Waals surface area contributed by atoms with Crippen LogP contribution in [0.4, 0.5) is 5.69 Å². The van der Waals surface area contributed by atoms with Crippen LogP contribution < -0.4 is 15.9 Å². The summed E-state index contributed by atoms with van der Waals surface area (Å²) in [6.45, 7) is 1.92. The van der Waals surface area contributed by atoms with Crippen molar-refractivity contribution < 1.29 is 14.4 Å². The third-order valence-electron chi connectivity index (χ3n) is 5.37. The summed E-state index contributed by atoms with van der Waals surface area (Å²) in [5.41, 5.74) is 7.63. The van der Waals surface area contributed by atoms with Crippen molar-refractivity contribution in [2.75, 3.05) is 5.01 Å². The molecule has 0 heterocycles. The zero-order valence-corrected chi connectivity index (χ0v) is 20.6. The number of aryl methyl sites for hydroxylation is 1. The zero-order chi connectivity index (χ0) is 26.2. The number of nitrogens with zero attached hydrogens (tertiary/aromatic N) is 2. The van der Waals surface area contributed by atoms with Crippen molar-refractivity contribution in [2.45, 2.75) is 6.92 Å². The van der Waals surface area contributed by atoms with E-state index in [1.807, 2.05) is 19.1 Å². The number of nitrogens with one attached hydrogen (secondary N) is 2. The summed E-state index contributed by atoms with van der Waals surface area (Å²) < 4.78 is 0. The largest absolute Gasteiger partial charge is 0.298 e. The van der Waals surface area contributed by atoms with Gasteiger partial charge in [0.2, 0.25) is 0 Å². The van der Waals surface area contributed by atoms with Gasteiger partial charge in [0, 0.05) is 21.7 Å². The van der Waals surface area contributed by atoms with Gasteiger partial charge in [0.1, 0.15) is 0 Å². The summed E-state index contributed by atoms with van der Waals surface area (Å²) in [6, 6.07) is 30.6. The Morgan fingerprint density at radius 3 is 1.84 bits per heavy atom. The first kappa shape index (κ1) is 25.3. The molecule has 0 aliphatic rings. The van der Waals surface area contributed by atoms with E-state index in [1.165, 1.54) is 0 Å². The van der Waals surface area contributed by atoms with Gasteiger partial charge in [0.05, 0.1) is 5.69 Å². The van der Waals surface area contributed by atoms with Crippen LogP contribution in [0.1, 0.15) is 31.8 Å². The summed E-state index contributed by atoms with van der Waals surface area (Å²) in [5, 5.41) is 5.77. The van der Waals surface area contributed by atoms with Crippen molar-refractivity contribution in [1.82, 2.24) is 10.9 Å². The van der Waals surface area contributed by atoms with Crippen LogP contribution in [0.2, 0.25) is 5.02 Å². The molecule has 0 fully saturated rings. The number of benzene rings is 4. The maximum atomic E-state index is 13.9. The van der Waals surface area contributed by atoms with Gasteiger partial charge in [-0.25, -0.2) is 10.4 Å². The lowest BCUT2D eigenvalue weighted by atomic mass is 10.1. The fourth-order valence-electron chi connectivity index (χ4n) is 3.39. The smallest absolute Gasteiger partial charge is 0.267 e. The fraction of sp³-hybridized carbons (Fsp3) is 0.0345. The molecular formula is C29H23ClN4O3. The topological polar surface area (TPSA) is 90.9 Å². The molecule has 0 saturated heterocycles. The Morgan fingerprint density at radius 2 is 1.22 bits per heavy atom. The van der Waals surface area contributed by atoms with Crippen LogP contribution in [0.15, 0.2) is 114 Å². The summed E-state index contributed by atoms with van der Waals surface area (Å²) in [7, 11) is 0. The second-order valence-electron chi connectivity index (χ2n) is 8.06. The highest BCUT2D eigenvalue weighted by Crippen LogP contribution is 2.16. The van der Waals surface area contributed by atoms with E-state index >= 15 is 0 Å². The molecular weight excluding hydrogens is 488 g/mol. The quantitative estimate of drug-likeness (QED) is 0.277. The van der Waals surface area contributed by atoms with Crippen LogP contribution in [0.3, 0.4) is 0 Å². The molecule has 0 atom stereocenters. The van der Waals surface area contributed by atoms with E-state index in [2.05, 4.69) is 16.0 Å². The van der Waals surface area contributed by atoms with Crippen molar-refractivity contribution in [1.29, 1.82) is 0 Å². The Morgan fingerprint density at radius 1 is 0.676 bits per heavy atom. The molecule has 0 aliphatic heterocycles. The maximum Gasteiger partial charge on any atom is 0.298 e. The molecule has 0 bridgehead atoms. The highest BCUT2D eigenvalue weighted by molar-refractivity contribution is 6.49. The van der Waals surface area contributed by atoms with Gasteiger partial charge in [-0.1, -0.05) is 77.8 Å². The lowest BCUT2D eigenvalue weighted by Gasteiger charge is -2.24. The Bertz CT molecular complexity index is 1420. The lowest BCUT2D eigenvalue weighted by Crippen LogP contribution is -2.50. The minimum atomic E-state index is -0.649. The molecule has 0 spiro atoms. The maximum absolute atomic E-state index is 13.9. The number of hydrazone groups is 1. The van der Waals surface area contributed by atoms with Gasteiger partial charge >= 0.3 is 0 Å². The summed E-state index contributed by atoms with van der Waals surface area (Å²) >= 11 is 5.94. The van der Waals surface area contributed by atoms with E-state index in [0.29, 0.717) is 27.4 Å². The number of para-hydroxylation sites is 1. The molecule has 4 rings (SSSR count). The number of amides is 3. The Hall–Kier alpha value is -4.75. The van der Waals surface area contributed by atoms with Crippen LogP contribution in [0.25, 0.3) is 0 Å². The standard InChI is InChI=1S/C29H23ClN4O3/c1-20-12-14-22(15-13-20)27(35)32-31-26(21-8-4-2-5-9-21)29(37)34(25-10-6-3-7-11-25)33-28(36)23-16-18-24(30)19-17-23/h2-19H,1H3,(H,32,35)(H,33,36)/b31-26-. The predicted octanol–water partition coefficient (Wildman–Crippen LogP) is 5.16. The van der Waals surface area contributed by atoms with Gasteiger partial charge in [-0.2, -0.15) is 5.10 Å². The summed E-state index contributed by atoms with van der Waals surface area (Å²) in [5.74, 6) is -1.65. The van der Waals surface area contributed by atoms with Gasteiger partial charge in [-0.3, -0.25) is 19.8 Å². The monoisotopic (exact) mass is 510 g/mol. The van der Waals surface area contributed by atoms with Crippen LogP contribution in [-0.2, 0) is 4.79 Å². The number of hydrazine groups is 1. The van der Waals surface area contributed by atoms with Crippen molar-refractivity contribution in [3.05, 3.63) is 136 Å². The zero-order valence-electron chi connectivity index (χ0n) is 19.9. The molecule has 37 heavy (non-hydrogen) atoms. The number of rotatable bonds is 6. The number of halogens is 1. The number of carbonyl (C=O) groups is 3. The average Bonchev–Trinajstić information content (AvgIpc) is 2.93. The van der Waals surface area contributed by atoms with Crippen molar-refractivity contribution >= 4 is 40.7 Å². The van der Waals surface area contributed by atoms with Gasteiger partial charge in [0.15, 0.2) is 5.71 Å². The van der Waals surface area contributed by atoms with E-state index in [1.54, 1.807) is 97.1 Å². The molecule has 0 aromatic heterocycles. The molecule has 0 saturated carbocycles. The molecule has 7 nitrogen and oxygen atoms in total. The summed E-state index contributed by atoms with van der Waals surface area (Å²) in [6.07, 6.45) is 0. The molecule has 8 heteroatoms. The minimum absolute atomic E-state index is 0.0682. The first-order valence-corrected chi connectivity index (χ1v) is 11.8. The van der Waals surface area contributed by atoms with Gasteiger partial charge in [-0.05, 0) is 55.5 Å². The third kappa shape index (κ3) is 6.48. The third-order valence-corrected chi connectivity index (χ3v) is 5.62. The van der Waals surface area contributed by atoms with E-state index in [4.69, 9.17) is 11.6 Å². The first-order valence-electron chi connectivity index (χ1n) is 11.4. The molecule has 0 radical (unpaired) electrons. The van der Waals surface area contributed by atoms with E-state index in [9.17, 15) is 14.4 Å². The molecule has 4 aromatic rings. The molecule has 2 N–H and O–H groups in total. The fourth-order valence-corrected chi connectivity index (χ4v) is 3.52. The predicted molar refractivity (Wildman–Crippen MR) is 144 cm³/mol. The van der Waals surface area contributed by atoms with Gasteiger partial charge < -0.3 is 0 Å². The number of hydrogen-bond acceptors (Lipinski definition) is 4. The first-order chi connectivity index (χ1) is 17.9.